The van der Waals surface area contributed by atoms with E-state index in [1.165, 1.54) is 38.5 Å². The molecular formula is C14H26N3+. The van der Waals surface area contributed by atoms with Gasteiger partial charge in [-0.1, -0.05) is 19.3 Å². The highest BCUT2D eigenvalue weighted by atomic mass is 15.7. The van der Waals surface area contributed by atoms with E-state index < -0.39 is 0 Å². The molecular weight excluding hydrogens is 210 g/mol. The van der Waals surface area contributed by atoms with Crippen LogP contribution in [0.15, 0.2) is 12.3 Å². The summed E-state index contributed by atoms with van der Waals surface area (Å²) in [7, 11) is 2.32. The van der Waals surface area contributed by atoms with Gasteiger partial charge in [0.15, 0.2) is 0 Å². The maximum absolute atomic E-state index is 5.60. The molecule has 3 aliphatic rings. The zero-order valence-electron chi connectivity index (χ0n) is 10.9. The van der Waals surface area contributed by atoms with Gasteiger partial charge in [0.1, 0.15) is 12.2 Å². The zero-order valence-corrected chi connectivity index (χ0v) is 10.9. The van der Waals surface area contributed by atoms with E-state index in [2.05, 4.69) is 24.7 Å². The van der Waals surface area contributed by atoms with Crippen molar-refractivity contribution in [2.45, 2.75) is 50.6 Å². The highest BCUT2D eigenvalue weighted by Crippen LogP contribution is 2.49. The number of nitrogens with one attached hydrogen (secondary N) is 1. The van der Waals surface area contributed by atoms with Crippen LogP contribution in [-0.2, 0) is 0 Å². The van der Waals surface area contributed by atoms with E-state index in [4.69, 9.17) is 5.73 Å². The Bertz CT molecular complexity index is 315. The zero-order chi connectivity index (χ0) is 11.9. The number of hydrogen-bond acceptors (Lipinski definition) is 2. The van der Waals surface area contributed by atoms with Crippen LogP contribution in [0.4, 0.5) is 0 Å². The number of nitrogens with zero attached hydrogens (tertiary/aromatic N) is 1. The van der Waals surface area contributed by atoms with E-state index in [0.29, 0.717) is 6.54 Å². The highest BCUT2D eigenvalue weighted by Gasteiger charge is 2.58. The molecule has 1 heterocycles. The molecule has 2 aliphatic carbocycles. The molecule has 3 heteroatoms. The third-order valence-corrected chi connectivity index (χ3v) is 5.32. The van der Waals surface area contributed by atoms with Crippen molar-refractivity contribution in [2.24, 2.45) is 17.6 Å². The largest absolute Gasteiger partial charge is 0.327 e. The van der Waals surface area contributed by atoms with Crippen LogP contribution in [0.3, 0.4) is 0 Å². The van der Waals surface area contributed by atoms with Gasteiger partial charge in [-0.25, -0.2) is 4.59 Å². The Labute approximate surface area is 105 Å². The van der Waals surface area contributed by atoms with Crippen molar-refractivity contribution in [3.8, 4) is 0 Å². The van der Waals surface area contributed by atoms with Gasteiger partial charge in [0.2, 0.25) is 0 Å². The molecule has 0 amide bonds. The average molecular weight is 236 g/mol. The normalized spacial score (nSPS) is 49.5. The van der Waals surface area contributed by atoms with Crippen LogP contribution in [0, 0.1) is 11.8 Å². The molecule has 0 aromatic carbocycles. The Morgan fingerprint density at radius 3 is 2.76 bits per heavy atom. The van der Waals surface area contributed by atoms with Crippen molar-refractivity contribution in [2.75, 3.05) is 13.6 Å². The van der Waals surface area contributed by atoms with Crippen LogP contribution in [0.5, 0.6) is 0 Å². The first kappa shape index (κ1) is 11.7. The van der Waals surface area contributed by atoms with E-state index in [1.807, 2.05) is 0 Å². The Morgan fingerprint density at radius 1 is 1.24 bits per heavy atom. The average Bonchev–Trinajstić information content (AvgIpc) is 2.71. The fourth-order valence-corrected chi connectivity index (χ4v) is 4.60. The van der Waals surface area contributed by atoms with Gasteiger partial charge in [0.25, 0.3) is 0 Å². The second kappa shape index (κ2) is 4.38. The number of nitrogens with two attached hydrogens (primary N) is 1. The lowest BCUT2D eigenvalue weighted by molar-refractivity contribution is -0.925. The molecule has 0 aromatic heterocycles. The van der Waals surface area contributed by atoms with Crippen LogP contribution < -0.4 is 11.2 Å². The summed E-state index contributed by atoms with van der Waals surface area (Å²) in [6, 6.07) is 1.56. The predicted octanol–water partition coefficient (Wildman–Crippen LogP) is 1.76. The van der Waals surface area contributed by atoms with Crippen LogP contribution in [0.2, 0.25) is 0 Å². The fraction of sp³-hybridized carbons (Fsp3) is 0.857. The summed E-state index contributed by atoms with van der Waals surface area (Å²) in [4.78, 5) is 0. The summed E-state index contributed by atoms with van der Waals surface area (Å²) in [5.74, 6) is 1.91. The fourth-order valence-electron chi connectivity index (χ4n) is 4.60. The number of hydrogen-bond donors (Lipinski definition) is 2. The second-order valence-corrected chi connectivity index (χ2v) is 6.27. The first-order valence-corrected chi connectivity index (χ1v) is 7.26. The molecule has 0 radical (unpaired) electrons. The molecule has 3 fully saturated rings. The van der Waals surface area contributed by atoms with Gasteiger partial charge in [-0.2, -0.15) is 5.43 Å². The Balaban J connectivity index is 1.80. The standard InChI is InChI=1S/C14H26N3/c1-17(9-5-8-15)14-10-13(16-17)11-6-3-2-4-7-12(11)14/h5,9,11-14,16H,2-4,6-8,10,15H2,1H3/q+1/b9-5-/t11?,12?,13-,14?,17?/m1/s1. The summed E-state index contributed by atoms with van der Waals surface area (Å²) in [5.41, 5.74) is 9.42. The summed E-state index contributed by atoms with van der Waals surface area (Å²) < 4.78 is 0.934. The molecule has 3 nitrogen and oxygen atoms in total. The van der Waals surface area contributed by atoms with Crippen LogP contribution in [-0.4, -0.2) is 30.3 Å². The third-order valence-electron chi connectivity index (χ3n) is 5.32. The smallest absolute Gasteiger partial charge is 0.115 e. The maximum Gasteiger partial charge on any atom is 0.115 e. The molecule has 3 N–H and O–H groups in total. The van der Waals surface area contributed by atoms with E-state index in [9.17, 15) is 0 Å². The topological polar surface area (TPSA) is 38.0 Å². The van der Waals surface area contributed by atoms with E-state index >= 15 is 0 Å². The van der Waals surface area contributed by atoms with Crippen molar-refractivity contribution >= 4 is 0 Å². The van der Waals surface area contributed by atoms with Gasteiger partial charge in [0.05, 0.1) is 13.1 Å². The summed E-state index contributed by atoms with van der Waals surface area (Å²) in [6.07, 6.45) is 13.0. The number of fused-ring (bicyclic) bond motifs is 5. The van der Waals surface area contributed by atoms with Crippen LogP contribution in [0.25, 0.3) is 0 Å². The second-order valence-electron chi connectivity index (χ2n) is 6.27. The minimum atomic E-state index is 0.654. The number of quaternary nitrogens is 1. The minimum Gasteiger partial charge on any atom is -0.327 e. The van der Waals surface area contributed by atoms with Gasteiger partial charge < -0.3 is 5.73 Å². The molecule has 2 saturated carbocycles. The van der Waals surface area contributed by atoms with Gasteiger partial charge in [-0.15, -0.1) is 0 Å². The maximum atomic E-state index is 5.60. The lowest BCUT2D eigenvalue weighted by Gasteiger charge is -2.41. The lowest BCUT2D eigenvalue weighted by Crippen LogP contribution is -2.60. The summed E-state index contributed by atoms with van der Waals surface area (Å²) in [6.45, 7) is 0.654. The van der Waals surface area contributed by atoms with E-state index in [0.717, 1.165) is 28.5 Å². The lowest BCUT2D eigenvalue weighted by atomic mass is 9.86. The molecule has 0 aromatic rings. The predicted molar refractivity (Wildman–Crippen MR) is 69.8 cm³/mol. The molecule has 2 bridgehead atoms. The van der Waals surface area contributed by atoms with Crippen molar-refractivity contribution < 1.29 is 4.59 Å². The summed E-state index contributed by atoms with van der Waals surface area (Å²) >= 11 is 0. The molecule has 96 valence electrons. The van der Waals surface area contributed by atoms with Crippen LogP contribution in [0.1, 0.15) is 38.5 Å². The Kier molecular flexibility index (Phi) is 3.01. The Hall–Kier alpha value is -0.380. The molecule has 1 saturated heterocycles. The first-order valence-electron chi connectivity index (χ1n) is 7.26. The third kappa shape index (κ3) is 1.85. The van der Waals surface area contributed by atoms with E-state index in [1.54, 1.807) is 0 Å². The van der Waals surface area contributed by atoms with E-state index in [-0.39, 0.29) is 0 Å². The molecule has 3 rings (SSSR count). The Morgan fingerprint density at radius 2 is 2.00 bits per heavy atom. The van der Waals surface area contributed by atoms with Crippen molar-refractivity contribution in [1.82, 2.24) is 5.43 Å². The quantitative estimate of drug-likeness (QED) is 0.717. The molecule has 1 aliphatic heterocycles. The number of rotatable bonds is 2. The highest BCUT2D eigenvalue weighted by molar-refractivity contribution is 5.00. The molecule has 17 heavy (non-hydrogen) atoms. The SMILES string of the molecule is C[N+]1(/C=C\CN)N[C@@H]2CC1C1CCCCCC12. The molecule has 5 atom stereocenters. The van der Waals surface area contributed by atoms with Gasteiger partial charge in [-0.05, 0) is 24.8 Å². The van der Waals surface area contributed by atoms with Crippen LogP contribution >= 0.6 is 0 Å². The molecule has 0 spiro atoms. The molecule has 4 unspecified atom stereocenters. The van der Waals surface area contributed by atoms with Gasteiger partial charge in [0, 0.05) is 18.9 Å². The summed E-state index contributed by atoms with van der Waals surface area (Å²) in [5, 5.41) is 0. The first-order chi connectivity index (χ1) is 8.24. The van der Waals surface area contributed by atoms with Crippen molar-refractivity contribution in [3.05, 3.63) is 12.3 Å². The van der Waals surface area contributed by atoms with Gasteiger partial charge in [-0.3, -0.25) is 0 Å². The minimum absolute atomic E-state index is 0.654. The van der Waals surface area contributed by atoms with Crippen molar-refractivity contribution in [1.29, 1.82) is 0 Å². The monoisotopic (exact) mass is 236 g/mol. The van der Waals surface area contributed by atoms with Crippen molar-refractivity contribution in [3.63, 3.8) is 0 Å². The van der Waals surface area contributed by atoms with Gasteiger partial charge >= 0.3 is 0 Å².